The minimum atomic E-state index is -0.242. The SMILES string of the molecule is CCSSC(C)C(Cl)Cl. The van der Waals surface area contributed by atoms with Gasteiger partial charge < -0.3 is 0 Å². The van der Waals surface area contributed by atoms with E-state index in [0.717, 1.165) is 5.75 Å². The van der Waals surface area contributed by atoms with Crippen LogP contribution in [0.4, 0.5) is 0 Å². The van der Waals surface area contributed by atoms with Crippen molar-refractivity contribution in [2.75, 3.05) is 5.75 Å². The second-order valence-electron chi connectivity index (χ2n) is 1.54. The summed E-state index contributed by atoms with van der Waals surface area (Å²) in [6, 6.07) is 0. The fraction of sp³-hybridized carbons (Fsp3) is 1.00. The molecule has 0 spiro atoms. The lowest BCUT2D eigenvalue weighted by Crippen LogP contribution is -2.03. The molecule has 0 aromatic carbocycles. The van der Waals surface area contributed by atoms with Crippen molar-refractivity contribution in [3.63, 3.8) is 0 Å². The first kappa shape index (κ1) is 10.3. The smallest absolute Gasteiger partial charge is 0.104 e. The van der Waals surface area contributed by atoms with E-state index in [4.69, 9.17) is 23.2 Å². The molecule has 56 valence electrons. The Hall–Kier alpha value is 1.28. The van der Waals surface area contributed by atoms with Gasteiger partial charge >= 0.3 is 0 Å². The number of alkyl halides is 2. The molecule has 0 aromatic heterocycles. The third-order valence-electron chi connectivity index (χ3n) is 0.693. The van der Waals surface area contributed by atoms with Crippen LogP contribution in [-0.2, 0) is 0 Å². The quantitative estimate of drug-likeness (QED) is 0.508. The van der Waals surface area contributed by atoms with E-state index in [1.807, 2.05) is 6.92 Å². The van der Waals surface area contributed by atoms with Gasteiger partial charge in [0.15, 0.2) is 0 Å². The van der Waals surface area contributed by atoms with Crippen LogP contribution in [0.15, 0.2) is 0 Å². The first-order valence-corrected chi connectivity index (χ1v) is 6.00. The molecule has 0 nitrogen and oxygen atoms in total. The Morgan fingerprint density at radius 2 is 2.00 bits per heavy atom. The molecule has 0 amide bonds. The maximum Gasteiger partial charge on any atom is 0.120 e. The summed E-state index contributed by atoms with van der Waals surface area (Å²) in [5.41, 5.74) is 0. The van der Waals surface area contributed by atoms with Crippen molar-refractivity contribution in [2.24, 2.45) is 0 Å². The van der Waals surface area contributed by atoms with Crippen molar-refractivity contribution in [1.82, 2.24) is 0 Å². The second kappa shape index (κ2) is 6.02. The molecular weight excluding hydrogens is 195 g/mol. The molecule has 0 aromatic rings. The molecule has 9 heavy (non-hydrogen) atoms. The summed E-state index contributed by atoms with van der Waals surface area (Å²) in [6.45, 7) is 4.14. The van der Waals surface area contributed by atoms with Gasteiger partial charge in [0, 0.05) is 11.0 Å². The Bertz CT molecular complexity index is 68.0. The van der Waals surface area contributed by atoms with E-state index in [1.54, 1.807) is 21.6 Å². The van der Waals surface area contributed by atoms with Gasteiger partial charge in [-0.05, 0) is 6.92 Å². The van der Waals surface area contributed by atoms with E-state index in [1.165, 1.54) is 0 Å². The van der Waals surface area contributed by atoms with Crippen LogP contribution >= 0.6 is 44.8 Å². The average Bonchev–Trinajstić information content (AvgIpc) is 1.82. The highest BCUT2D eigenvalue weighted by molar-refractivity contribution is 8.76. The lowest BCUT2D eigenvalue weighted by Gasteiger charge is -2.08. The Balaban J connectivity index is 3.16. The van der Waals surface area contributed by atoms with Crippen LogP contribution in [0.5, 0.6) is 0 Å². The van der Waals surface area contributed by atoms with Gasteiger partial charge in [-0.3, -0.25) is 0 Å². The summed E-state index contributed by atoms with van der Waals surface area (Å²) in [6.07, 6.45) is 0. The van der Waals surface area contributed by atoms with Gasteiger partial charge in [0.2, 0.25) is 0 Å². The van der Waals surface area contributed by atoms with E-state index in [0.29, 0.717) is 5.25 Å². The molecule has 0 fully saturated rings. The zero-order chi connectivity index (χ0) is 7.28. The summed E-state index contributed by atoms with van der Waals surface area (Å²) in [7, 11) is 3.53. The third-order valence-corrected chi connectivity index (χ3v) is 4.72. The molecule has 0 radical (unpaired) electrons. The zero-order valence-corrected chi connectivity index (χ0v) is 8.58. The van der Waals surface area contributed by atoms with Crippen molar-refractivity contribution in [2.45, 2.75) is 23.9 Å². The lowest BCUT2D eigenvalue weighted by molar-refractivity contribution is 1.07. The largest absolute Gasteiger partial charge is 0.120 e. The van der Waals surface area contributed by atoms with E-state index in [9.17, 15) is 0 Å². The first-order valence-electron chi connectivity index (χ1n) is 2.75. The Morgan fingerprint density at radius 3 is 2.33 bits per heavy atom. The maximum atomic E-state index is 5.60. The molecule has 0 aliphatic heterocycles. The minimum Gasteiger partial charge on any atom is -0.104 e. The zero-order valence-electron chi connectivity index (χ0n) is 5.43. The van der Waals surface area contributed by atoms with Crippen molar-refractivity contribution < 1.29 is 0 Å². The second-order valence-corrected chi connectivity index (χ2v) is 5.74. The average molecular weight is 205 g/mol. The fourth-order valence-electron chi connectivity index (χ4n) is 0.217. The van der Waals surface area contributed by atoms with E-state index >= 15 is 0 Å². The molecule has 0 rings (SSSR count). The Morgan fingerprint density at radius 1 is 1.44 bits per heavy atom. The summed E-state index contributed by atoms with van der Waals surface area (Å²) in [5.74, 6) is 1.11. The van der Waals surface area contributed by atoms with Crippen LogP contribution in [0.1, 0.15) is 13.8 Å². The van der Waals surface area contributed by atoms with Gasteiger partial charge in [-0.15, -0.1) is 23.2 Å². The van der Waals surface area contributed by atoms with Gasteiger partial charge in [0.05, 0.1) is 0 Å². The van der Waals surface area contributed by atoms with Crippen LogP contribution < -0.4 is 0 Å². The molecule has 0 bridgehead atoms. The number of hydrogen-bond acceptors (Lipinski definition) is 2. The van der Waals surface area contributed by atoms with Gasteiger partial charge in [-0.2, -0.15) is 0 Å². The summed E-state index contributed by atoms with van der Waals surface area (Å²) < 4.78 is 0. The molecule has 1 atom stereocenters. The normalized spacial score (nSPS) is 14.3. The van der Waals surface area contributed by atoms with E-state index < -0.39 is 0 Å². The highest BCUT2D eigenvalue weighted by Crippen LogP contribution is 2.31. The molecular formula is C5H10Cl2S2. The van der Waals surface area contributed by atoms with Crippen LogP contribution in [0, 0.1) is 0 Å². The predicted molar refractivity (Wildman–Crippen MR) is 50.7 cm³/mol. The topological polar surface area (TPSA) is 0 Å². The van der Waals surface area contributed by atoms with Crippen LogP contribution in [0.25, 0.3) is 0 Å². The molecule has 0 saturated carbocycles. The van der Waals surface area contributed by atoms with Crippen LogP contribution in [-0.4, -0.2) is 15.8 Å². The van der Waals surface area contributed by atoms with Gasteiger partial charge in [0.25, 0.3) is 0 Å². The van der Waals surface area contributed by atoms with Gasteiger partial charge in [-0.25, -0.2) is 0 Å². The maximum absolute atomic E-state index is 5.60. The molecule has 0 heterocycles. The van der Waals surface area contributed by atoms with Gasteiger partial charge in [-0.1, -0.05) is 28.5 Å². The van der Waals surface area contributed by atoms with Crippen LogP contribution in [0.3, 0.4) is 0 Å². The first-order chi connectivity index (χ1) is 4.18. The van der Waals surface area contributed by atoms with Crippen molar-refractivity contribution >= 4 is 44.8 Å². The Labute approximate surface area is 74.5 Å². The molecule has 4 heteroatoms. The minimum absolute atomic E-state index is 0.242. The van der Waals surface area contributed by atoms with Crippen molar-refractivity contribution in [3.8, 4) is 0 Å². The van der Waals surface area contributed by atoms with Crippen molar-refractivity contribution in [1.29, 1.82) is 0 Å². The van der Waals surface area contributed by atoms with Crippen LogP contribution in [0.2, 0.25) is 0 Å². The van der Waals surface area contributed by atoms with Gasteiger partial charge in [0.1, 0.15) is 4.84 Å². The molecule has 0 aliphatic rings. The van der Waals surface area contributed by atoms with Crippen molar-refractivity contribution in [3.05, 3.63) is 0 Å². The predicted octanol–water partition coefficient (Wildman–Crippen LogP) is 3.58. The fourth-order valence-corrected chi connectivity index (χ4v) is 2.71. The molecule has 0 aliphatic carbocycles. The standard InChI is InChI=1S/C5H10Cl2S2/c1-3-8-9-4(2)5(6)7/h4-5H,3H2,1-2H3. The summed E-state index contributed by atoms with van der Waals surface area (Å²) in [4.78, 5) is -0.242. The molecule has 0 N–H and O–H groups in total. The number of hydrogen-bond donors (Lipinski definition) is 0. The molecule has 0 saturated heterocycles. The van der Waals surface area contributed by atoms with E-state index in [-0.39, 0.29) is 4.84 Å². The lowest BCUT2D eigenvalue weighted by atomic mass is 10.6. The third kappa shape index (κ3) is 5.71. The number of halogens is 2. The summed E-state index contributed by atoms with van der Waals surface area (Å²) in [5, 5.41) is 0.332. The Kier molecular flexibility index (Phi) is 6.88. The van der Waals surface area contributed by atoms with E-state index in [2.05, 4.69) is 6.92 Å². The highest BCUT2D eigenvalue weighted by Gasteiger charge is 2.10. The monoisotopic (exact) mass is 204 g/mol. The number of rotatable bonds is 4. The summed E-state index contributed by atoms with van der Waals surface area (Å²) >= 11 is 11.2. The molecule has 1 unspecified atom stereocenters. The highest BCUT2D eigenvalue weighted by atomic mass is 35.5.